The largest absolute Gasteiger partial charge is 0.292 e. The van der Waals surface area contributed by atoms with Gasteiger partial charge < -0.3 is 0 Å². The minimum absolute atomic E-state index is 0.0219. The second-order valence-electron chi connectivity index (χ2n) is 9.39. The van der Waals surface area contributed by atoms with E-state index >= 15 is 0 Å². The summed E-state index contributed by atoms with van der Waals surface area (Å²) in [7, 11) is 0. The summed E-state index contributed by atoms with van der Waals surface area (Å²) in [5, 5.41) is 7.53. The summed E-state index contributed by atoms with van der Waals surface area (Å²) in [5.74, 6) is -0.0219. The minimum atomic E-state index is -0.657. The summed E-state index contributed by atoms with van der Waals surface area (Å²) in [6.07, 6.45) is 0. The molecule has 0 radical (unpaired) electrons. The van der Waals surface area contributed by atoms with Gasteiger partial charge in [0.25, 0.3) is 0 Å². The fraction of sp³-hybridized carbons (Fsp3) is 0.161. The highest BCUT2D eigenvalue weighted by atomic mass is 79.9. The van der Waals surface area contributed by atoms with Crippen molar-refractivity contribution in [2.24, 2.45) is 5.10 Å². The molecule has 37 heavy (non-hydrogen) atoms. The molecule has 4 aromatic carbocycles. The summed E-state index contributed by atoms with van der Waals surface area (Å²) in [6, 6.07) is 34.2. The van der Waals surface area contributed by atoms with Crippen LogP contribution in [0.1, 0.15) is 40.3 Å². The molecule has 0 saturated heterocycles. The third kappa shape index (κ3) is 3.72. The monoisotopic (exact) mass is 584 g/mol. The molecule has 4 aromatic rings. The smallest absolute Gasteiger partial charge is 0.187 e. The summed E-state index contributed by atoms with van der Waals surface area (Å²) >= 11 is 7.00. The first kappa shape index (κ1) is 24.5. The SMILES string of the molecule is CC(=O)C1=NN(c2ccc(Br)cc2)[C@]2(S1)SC(c1ccccc1C)(c1ccccc1C)c1ccccc12. The summed E-state index contributed by atoms with van der Waals surface area (Å²) in [4.78, 5) is 12.7. The molecule has 1 spiro atoms. The van der Waals surface area contributed by atoms with E-state index in [0.717, 1.165) is 10.2 Å². The van der Waals surface area contributed by atoms with E-state index in [1.54, 1.807) is 18.7 Å². The Morgan fingerprint density at radius 2 is 1.27 bits per heavy atom. The molecular formula is C31H25BrN2OS2. The van der Waals surface area contributed by atoms with E-state index in [2.05, 4.69) is 120 Å². The van der Waals surface area contributed by atoms with Crippen LogP contribution >= 0.6 is 39.5 Å². The van der Waals surface area contributed by atoms with Gasteiger partial charge in [0.1, 0.15) is 0 Å². The van der Waals surface area contributed by atoms with Gasteiger partial charge in [-0.2, -0.15) is 5.10 Å². The van der Waals surface area contributed by atoms with Crippen LogP contribution in [0.3, 0.4) is 0 Å². The number of aryl methyl sites for hydroxylation is 2. The average Bonchev–Trinajstić information content (AvgIpc) is 3.43. The molecule has 2 aliphatic heterocycles. The molecule has 6 heteroatoms. The van der Waals surface area contributed by atoms with Crippen molar-refractivity contribution in [3.05, 3.63) is 135 Å². The molecule has 0 unspecified atom stereocenters. The Balaban J connectivity index is 1.68. The number of benzene rings is 4. The molecular weight excluding hydrogens is 560 g/mol. The van der Waals surface area contributed by atoms with E-state index in [1.165, 1.54) is 33.4 Å². The molecule has 0 aliphatic carbocycles. The molecule has 2 heterocycles. The van der Waals surface area contributed by atoms with Gasteiger partial charge in [0.05, 0.1) is 10.4 Å². The van der Waals surface area contributed by atoms with Gasteiger partial charge >= 0.3 is 0 Å². The number of hydrogen-bond acceptors (Lipinski definition) is 5. The molecule has 0 amide bonds. The highest BCUT2D eigenvalue weighted by Crippen LogP contribution is 2.71. The van der Waals surface area contributed by atoms with Crippen molar-refractivity contribution in [1.29, 1.82) is 0 Å². The van der Waals surface area contributed by atoms with Crippen LogP contribution in [0.2, 0.25) is 0 Å². The number of thioether (sulfide) groups is 2. The highest BCUT2D eigenvalue weighted by molar-refractivity contribution is 9.10. The summed E-state index contributed by atoms with van der Waals surface area (Å²) in [5.41, 5.74) is 8.32. The Hall–Kier alpha value is -2.80. The number of hydrogen-bond donors (Lipinski definition) is 0. The number of Topliss-reactive ketones (excluding diaryl/α,β-unsaturated/α-hetero) is 1. The van der Waals surface area contributed by atoms with Crippen molar-refractivity contribution < 1.29 is 4.79 Å². The van der Waals surface area contributed by atoms with Crippen LogP contribution in [-0.2, 0) is 13.7 Å². The fourth-order valence-corrected chi connectivity index (χ4v) is 9.39. The fourth-order valence-electron chi connectivity index (χ4n) is 5.40. The van der Waals surface area contributed by atoms with Gasteiger partial charge in [-0.05, 0) is 65.9 Å². The number of carbonyl (C=O) groups excluding carboxylic acids is 1. The van der Waals surface area contributed by atoms with Crippen LogP contribution in [0.15, 0.2) is 107 Å². The van der Waals surface area contributed by atoms with Crippen molar-refractivity contribution in [3.8, 4) is 0 Å². The van der Waals surface area contributed by atoms with E-state index < -0.39 is 8.95 Å². The van der Waals surface area contributed by atoms with Gasteiger partial charge in [-0.15, -0.1) is 0 Å². The average molecular weight is 586 g/mol. The number of ketones is 1. The van der Waals surface area contributed by atoms with Crippen molar-refractivity contribution >= 4 is 56.0 Å². The van der Waals surface area contributed by atoms with Crippen LogP contribution in [-0.4, -0.2) is 10.8 Å². The second-order valence-corrected chi connectivity index (χ2v) is 13.2. The third-order valence-corrected chi connectivity index (χ3v) is 11.0. The lowest BCUT2D eigenvalue weighted by Crippen LogP contribution is -2.34. The van der Waals surface area contributed by atoms with Crippen LogP contribution in [0.5, 0.6) is 0 Å². The van der Waals surface area contributed by atoms with E-state index in [-0.39, 0.29) is 5.78 Å². The molecule has 2 aliphatic rings. The second kappa shape index (κ2) is 9.19. The maximum Gasteiger partial charge on any atom is 0.187 e. The first-order valence-corrected chi connectivity index (χ1v) is 14.6. The topological polar surface area (TPSA) is 32.7 Å². The van der Waals surface area contributed by atoms with Crippen LogP contribution in [0, 0.1) is 13.8 Å². The van der Waals surface area contributed by atoms with E-state index in [9.17, 15) is 4.79 Å². The Kier molecular flexibility index (Phi) is 6.09. The van der Waals surface area contributed by atoms with Gasteiger partial charge in [-0.1, -0.05) is 112 Å². The lowest BCUT2D eigenvalue weighted by atomic mass is 9.79. The highest BCUT2D eigenvalue weighted by Gasteiger charge is 2.62. The zero-order valence-electron chi connectivity index (χ0n) is 20.7. The van der Waals surface area contributed by atoms with Crippen LogP contribution in [0.25, 0.3) is 0 Å². The van der Waals surface area contributed by atoms with Gasteiger partial charge in [0.2, 0.25) is 0 Å². The number of rotatable bonds is 4. The Morgan fingerprint density at radius 3 is 1.81 bits per heavy atom. The lowest BCUT2D eigenvalue weighted by molar-refractivity contribution is -0.110. The van der Waals surface area contributed by atoms with Gasteiger partial charge in [0, 0.05) is 17.0 Å². The minimum Gasteiger partial charge on any atom is -0.292 e. The van der Waals surface area contributed by atoms with Gasteiger partial charge in [0.15, 0.2) is 15.0 Å². The molecule has 1 atom stereocenters. The molecule has 0 bridgehead atoms. The normalized spacial score (nSPS) is 19.7. The van der Waals surface area contributed by atoms with Gasteiger partial charge in [-0.25, -0.2) is 5.01 Å². The summed E-state index contributed by atoms with van der Waals surface area (Å²) in [6.45, 7) is 5.98. The predicted molar refractivity (Wildman–Crippen MR) is 160 cm³/mol. The number of carbonyl (C=O) groups is 1. The first-order valence-electron chi connectivity index (χ1n) is 12.1. The zero-order valence-corrected chi connectivity index (χ0v) is 24.0. The van der Waals surface area contributed by atoms with E-state index in [4.69, 9.17) is 5.10 Å². The maximum absolute atomic E-state index is 12.7. The Morgan fingerprint density at radius 1 is 0.757 bits per heavy atom. The summed E-state index contributed by atoms with van der Waals surface area (Å²) < 4.78 is -0.146. The predicted octanol–water partition coefficient (Wildman–Crippen LogP) is 8.37. The Bertz CT molecular complexity index is 1520. The van der Waals surface area contributed by atoms with E-state index in [0.29, 0.717) is 5.04 Å². The number of halogens is 1. The van der Waals surface area contributed by atoms with Gasteiger partial charge in [-0.3, -0.25) is 4.79 Å². The number of anilines is 1. The van der Waals surface area contributed by atoms with Crippen molar-refractivity contribution in [1.82, 2.24) is 0 Å². The van der Waals surface area contributed by atoms with Crippen LogP contribution in [0.4, 0.5) is 5.69 Å². The molecule has 184 valence electrons. The molecule has 3 nitrogen and oxygen atoms in total. The molecule has 6 rings (SSSR count). The van der Waals surface area contributed by atoms with Crippen LogP contribution < -0.4 is 5.01 Å². The first-order chi connectivity index (χ1) is 17.9. The maximum atomic E-state index is 12.7. The van der Waals surface area contributed by atoms with E-state index in [1.807, 2.05) is 23.9 Å². The Labute approximate surface area is 234 Å². The third-order valence-electron chi connectivity index (χ3n) is 7.06. The molecule has 0 saturated carbocycles. The number of hydrazone groups is 1. The standard InChI is InChI=1S/C31H25BrN2OS2/c1-20-10-4-6-12-25(20)30(26-13-7-5-11-21(26)2)27-14-8-9-15-28(27)31(37-30)34(33-29(36-31)22(3)35)24-18-16-23(32)17-19-24/h4-19H,1-3H3/t31-/m1/s1. The van der Waals surface area contributed by atoms with Crippen molar-refractivity contribution in [2.75, 3.05) is 5.01 Å². The number of fused-ring (bicyclic) bond motifs is 2. The molecule has 0 fully saturated rings. The number of nitrogens with zero attached hydrogens (tertiary/aromatic N) is 2. The van der Waals surface area contributed by atoms with Crippen molar-refractivity contribution in [2.45, 2.75) is 29.7 Å². The lowest BCUT2D eigenvalue weighted by Gasteiger charge is -2.38. The quantitative estimate of drug-likeness (QED) is 0.241. The zero-order chi connectivity index (χ0) is 25.8. The molecule has 0 N–H and O–H groups in total. The van der Waals surface area contributed by atoms with Crippen molar-refractivity contribution in [3.63, 3.8) is 0 Å². The molecule has 0 aromatic heterocycles.